The van der Waals surface area contributed by atoms with Gasteiger partial charge in [-0.15, -0.1) is 0 Å². The number of nitrogens with zero attached hydrogens (tertiary/aromatic N) is 1. The maximum Gasteiger partial charge on any atom is 0.225 e. The van der Waals surface area contributed by atoms with Gasteiger partial charge in [-0.3, -0.25) is 4.79 Å². The molecule has 116 valence electrons. The number of piperidine rings is 1. The summed E-state index contributed by atoms with van der Waals surface area (Å²) in [5, 5.41) is 7.18. The van der Waals surface area contributed by atoms with Gasteiger partial charge in [-0.05, 0) is 44.6 Å². The molecule has 1 saturated heterocycles. The number of likely N-dealkylation sites (N-methyl/N-ethyl adjacent to an activating group) is 1. The number of carbonyl (C=O) groups excluding carboxylic acids is 1. The highest BCUT2D eigenvalue weighted by atomic mass is 35.5. The van der Waals surface area contributed by atoms with Crippen molar-refractivity contribution in [1.82, 2.24) is 10.2 Å². The Morgan fingerprint density at radius 1 is 1.43 bits per heavy atom. The van der Waals surface area contributed by atoms with Gasteiger partial charge < -0.3 is 15.5 Å². The van der Waals surface area contributed by atoms with Gasteiger partial charge in [0.25, 0.3) is 0 Å². The van der Waals surface area contributed by atoms with Crippen LogP contribution in [-0.2, 0) is 4.79 Å². The fourth-order valence-corrected chi connectivity index (χ4v) is 2.90. The van der Waals surface area contributed by atoms with Crippen LogP contribution in [0.25, 0.3) is 0 Å². The number of amides is 1. The van der Waals surface area contributed by atoms with E-state index < -0.39 is 0 Å². The van der Waals surface area contributed by atoms with Crippen molar-refractivity contribution >= 4 is 34.8 Å². The number of rotatable bonds is 5. The van der Waals surface area contributed by atoms with E-state index in [2.05, 4.69) is 15.5 Å². The first-order valence-electron chi connectivity index (χ1n) is 7.23. The normalized spacial score (nSPS) is 19.5. The van der Waals surface area contributed by atoms with Crippen LogP contribution in [0.15, 0.2) is 18.2 Å². The molecule has 1 heterocycles. The van der Waals surface area contributed by atoms with Crippen molar-refractivity contribution < 1.29 is 4.79 Å². The van der Waals surface area contributed by atoms with Gasteiger partial charge in [-0.25, -0.2) is 0 Å². The quantitative estimate of drug-likeness (QED) is 0.872. The van der Waals surface area contributed by atoms with Crippen LogP contribution < -0.4 is 10.6 Å². The number of anilines is 1. The molecule has 0 aromatic heterocycles. The molecule has 2 N–H and O–H groups in total. The number of carbonyl (C=O) groups is 1. The summed E-state index contributed by atoms with van der Waals surface area (Å²) in [5.41, 5.74) is 0.570. The van der Waals surface area contributed by atoms with E-state index in [1.54, 1.807) is 18.2 Å². The van der Waals surface area contributed by atoms with Crippen LogP contribution in [0.2, 0.25) is 10.0 Å². The second-order valence-electron chi connectivity index (χ2n) is 5.35. The lowest BCUT2D eigenvalue weighted by atomic mass is 10.1. The first-order chi connectivity index (χ1) is 10.1. The number of hydrogen-bond donors (Lipinski definition) is 2. The molecule has 1 aliphatic rings. The van der Waals surface area contributed by atoms with Crippen LogP contribution in [0.3, 0.4) is 0 Å². The summed E-state index contributed by atoms with van der Waals surface area (Å²) < 4.78 is 0. The van der Waals surface area contributed by atoms with E-state index in [1.807, 2.05) is 7.05 Å². The van der Waals surface area contributed by atoms with E-state index in [1.165, 1.54) is 12.8 Å². The van der Waals surface area contributed by atoms with Gasteiger partial charge in [0, 0.05) is 30.6 Å². The minimum atomic E-state index is -0.0363. The maximum atomic E-state index is 12.0. The molecule has 2 rings (SSSR count). The lowest BCUT2D eigenvalue weighted by Gasteiger charge is -2.32. The van der Waals surface area contributed by atoms with E-state index in [-0.39, 0.29) is 5.91 Å². The highest BCUT2D eigenvalue weighted by Crippen LogP contribution is 2.25. The van der Waals surface area contributed by atoms with Gasteiger partial charge >= 0.3 is 0 Å². The molecule has 6 heteroatoms. The van der Waals surface area contributed by atoms with Crippen LogP contribution in [0.4, 0.5) is 5.69 Å². The second-order valence-corrected chi connectivity index (χ2v) is 6.19. The summed E-state index contributed by atoms with van der Waals surface area (Å²) >= 11 is 11.9. The van der Waals surface area contributed by atoms with Gasteiger partial charge in [-0.2, -0.15) is 0 Å². The molecular formula is C15H21Cl2N3O. The smallest absolute Gasteiger partial charge is 0.225 e. The molecule has 1 aromatic carbocycles. The summed E-state index contributed by atoms with van der Waals surface area (Å²) in [4.78, 5) is 14.3. The Bertz CT molecular complexity index is 496. The fourth-order valence-electron chi connectivity index (χ4n) is 2.56. The van der Waals surface area contributed by atoms with Crippen molar-refractivity contribution in [1.29, 1.82) is 0 Å². The number of nitrogens with one attached hydrogen (secondary N) is 2. The average Bonchev–Trinajstić information content (AvgIpc) is 2.49. The summed E-state index contributed by atoms with van der Waals surface area (Å²) in [7, 11) is 1.99. The first-order valence-corrected chi connectivity index (χ1v) is 7.98. The number of likely N-dealkylation sites (tertiary alicyclic amines) is 1. The first kappa shape index (κ1) is 16.6. The Balaban J connectivity index is 1.80. The molecule has 1 unspecified atom stereocenters. The van der Waals surface area contributed by atoms with E-state index in [0.29, 0.717) is 28.2 Å². The molecule has 0 bridgehead atoms. The summed E-state index contributed by atoms with van der Waals surface area (Å²) in [5.74, 6) is -0.0363. The van der Waals surface area contributed by atoms with Crippen LogP contribution in [0.5, 0.6) is 0 Å². The number of benzene rings is 1. The third-order valence-electron chi connectivity index (χ3n) is 3.77. The Morgan fingerprint density at radius 3 is 3.00 bits per heavy atom. The molecular weight excluding hydrogens is 309 g/mol. The maximum absolute atomic E-state index is 12.0. The van der Waals surface area contributed by atoms with Crippen molar-refractivity contribution in [3.05, 3.63) is 28.2 Å². The zero-order valence-corrected chi connectivity index (χ0v) is 13.7. The Hall–Kier alpha value is -0.810. The highest BCUT2D eigenvalue weighted by molar-refractivity contribution is 6.35. The third kappa shape index (κ3) is 5.15. The summed E-state index contributed by atoms with van der Waals surface area (Å²) in [6.45, 7) is 2.83. The number of halogens is 2. The van der Waals surface area contributed by atoms with Gasteiger partial charge in [0.15, 0.2) is 0 Å². The lowest BCUT2D eigenvalue weighted by molar-refractivity contribution is -0.116. The zero-order valence-electron chi connectivity index (χ0n) is 12.2. The molecule has 0 spiro atoms. The van der Waals surface area contributed by atoms with E-state index in [0.717, 1.165) is 19.6 Å². The zero-order chi connectivity index (χ0) is 15.2. The Labute approximate surface area is 135 Å². The SMILES string of the molecule is CNC1CCCN(CCC(=O)Nc2cc(Cl)ccc2Cl)C1. The average molecular weight is 330 g/mol. The van der Waals surface area contributed by atoms with Crippen LogP contribution in [0, 0.1) is 0 Å². The summed E-state index contributed by atoms with van der Waals surface area (Å²) in [6.07, 6.45) is 2.84. The topological polar surface area (TPSA) is 44.4 Å². The predicted octanol–water partition coefficient (Wildman–Crippen LogP) is 3.01. The fraction of sp³-hybridized carbons (Fsp3) is 0.533. The molecule has 1 atom stereocenters. The highest BCUT2D eigenvalue weighted by Gasteiger charge is 2.18. The Kier molecular flexibility index (Phi) is 6.30. The monoisotopic (exact) mass is 329 g/mol. The van der Waals surface area contributed by atoms with Gasteiger partial charge in [0.2, 0.25) is 5.91 Å². The van der Waals surface area contributed by atoms with Crippen molar-refractivity contribution in [2.45, 2.75) is 25.3 Å². The van der Waals surface area contributed by atoms with E-state index >= 15 is 0 Å². The van der Waals surface area contributed by atoms with E-state index in [4.69, 9.17) is 23.2 Å². The molecule has 4 nitrogen and oxygen atoms in total. The molecule has 0 radical (unpaired) electrons. The predicted molar refractivity (Wildman–Crippen MR) is 88.2 cm³/mol. The molecule has 1 aromatic rings. The molecule has 0 aliphatic carbocycles. The lowest BCUT2D eigenvalue weighted by Crippen LogP contribution is -2.45. The second kappa shape index (κ2) is 7.99. The minimum absolute atomic E-state index is 0.0363. The van der Waals surface area contributed by atoms with Gasteiger partial charge in [0.05, 0.1) is 10.7 Å². The van der Waals surface area contributed by atoms with E-state index in [9.17, 15) is 4.79 Å². The molecule has 1 fully saturated rings. The molecule has 21 heavy (non-hydrogen) atoms. The Morgan fingerprint density at radius 2 is 2.24 bits per heavy atom. The standard InChI is InChI=1S/C15H21Cl2N3O/c1-18-12-3-2-7-20(10-12)8-6-15(21)19-14-9-11(16)4-5-13(14)17/h4-5,9,12,18H,2-3,6-8,10H2,1H3,(H,19,21). The van der Waals surface area contributed by atoms with Crippen molar-refractivity contribution in [2.24, 2.45) is 0 Å². The van der Waals surface area contributed by atoms with Crippen molar-refractivity contribution in [3.63, 3.8) is 0 Å². The largest absolute Gasteiger partial charge is 0.325 e. The van der Waals surface area contributed by atoms with Gasteiger partial charge in [-0.1, -0.05) is 23.2 Å². The van der Waals surface area contributed by atoms with Crippen LogP contribution in [-0.4, -0.2) is 43.5 Å². The molecule has 0 saturated carbocycles. The number of hydrogen-bond acceptors (Lipinski definition) is 3. The molecule has 1 amide bonds. The van der Waals surface area contributed by atoms with Crippen LogP contribution in [0.1, 0.15) is 19.3 Å². The van der Waals surface area contributed by atoms with Crippen LogP contribution >= 0.6 is 23.2 Å². The minimum Gasteiger partial charge on any atom is -0.325 e. The third-order valence-corrected chi connectivity index (χ3v) is 4.34. The van der Waals surface area contributed by atoms with Crippen molar-refractivity contribution in [3.8, 4) is 0 Å². The molecule has 1 aliphatic heterocycles. The van der Waals surface area contributed by atoms with Gasteiger partial charge in [0.1, 0.15) is 0 Å². The summed E-state index contributed by atoms with van der Waals surface area (Å²) in [6, 6.07) is 5.58. The van der Waals surface area contributed by atoms with Crippen molar-refractivity contribution in [2.75, 3.05) is 32.0 Å².